The minimum atomic E-state index is -3.87. The molecular weight excluding hydrogens is 244 g/mol. The fourth-order valence-corrected chi connectivity index (χ4v) is 2.80. The van der Waals surface area contributed by atoms with Gasteiger partial charge in [-0.1, -0.05) is 0 Å². The summed E-state index contributed by atoms with van der Waals surface area (Å²) in [6.07, 6.45) is 0. The van der Waals surface area contributed by atoms with Crippen LogP contribution < -0.4 is 10.5 Å². The van der Waals surface area contributed by atoms with Gasteiger partial charge in [0.25, 0.3) is 0 Å². The molecule has 1 aromatic carbocycles. The number of nitrogens with two attached hydrogens (primary N) is 1. The summed E-state index contributed by atoms with van der Waals surface area (Å²) in [4.78, 5) is 10.6. The predicted molar refractivity (Wildman–Crippen MR) is 63.3 cm³/mol. The van der Waals surface area contributed by atoms with Crippen LogP contribution in [0.2, 0.25) is 0 Å². The number of nitrogen functional groups attached to an aromatic ring is 1. The van der Waals surface area contributed by atoms with E-state index in [1.807, 2.05) is 0 Å². The summed E-state index contributed by atoms with van der Waals surface area (Å²) in [5, 5.41) is 8.92. The monoisotopic (exact) mass is 258 g/mol. The molecule has 94 valence electrons. The number of sulfonamides is 1. The Labute approximate surface area is 99.5 Å². The highest BCUT2D eigenvalue weighted by molar-refractivity contribution is 7.89. The Morgan fingerprint density at radius 2 is 2.00 bits per heavy atom. The summed E-state index contributed by atoms with van der Waals surface area (Å²) in [5.74, 6) is -1.31. The van der Waals surface area contributed by atoms with Crippen LogP contribution in [0.15, 0.2) is 23.1 Å². The van der Waals surface area contributed by atoms with E-state index in [0.717, 1.165) is 6.07 Å². The lowest BCUT2D eigenvalue weighted by Gasteiger charge is -2.12. The Hall–Kier alpha value is -1.60. The van der Waals surface area contributed by atoms with Crippen LogP contribution in [0.25, 0.3) is 0 Å². The van der Waals surface area contributed by atoms with Crippen LogP contribution in [0.1, 0.15) is 24.2 Å². The van der Waals surface area contributed by atoms with Crippen molar-refractivity contribution in [3.8, 4) is 0 Å². The molecule has 0 heterocycles. The molecule has 0 saturated carbocycles. The quantitative estimate of drug-likeness (QED) is 0.687. The predicted octanol–water partition coefficient (Wildman–Crippen LogP) is 0.654. The molecule has 0 aromatic heterocycles. The molecule has 1 rings (SSSR count). The molecule has 0 unspecified atom stereocenters. The van der Waals surface area contributed by atoms with E-state index in [4.69, 9.17) is 10.8 Å². The highest BCUT2D eigenvalue weighted by Crippen LogP contribution is 2.19. The second-order valence-electron chi connectivity index (χ2n) is 3.84. The third kappa shape index (κ3) is 3.18. The maximum Gasteiger partial charge on any atom is 0.337 e. The maximum atomic E-state index is 11.9. The highest BCUT2D eigenvalue weighted by Gasteiger charge is 2.23. The molecule has 7 heteroatoms. The smallest absolute Gasteiger partial charge is 0.337 e. The van der Waals surface area contributed by atoms with E-state index in [1.165, 1.54) is 12.1 Å². The molecule has 1 aromatic rings. The van der Waals surface area contributed by atoms with Gasteiger partial charge in [0.05, 0.1) is 10.5 Å². The molecule has 0 saturated heterocycles. The molecular formula is C10H14N2O4S. The number of hydrogen-bond acceptors (Lipinski definition) is 4. The van der Waals surface area contributed by atoms with Crippen LogP contribution in [-0.2, 0) is 10.0 Å². The molecule has 0 amide bonds. The van der Waals surface area contributed by atoms with E-state index in [9.17, 15) is 13.2 Å². The lowest BCUT2D eigenvalue weighted by Crippen LogP contribution is -2.31. The summed E-state index contributed by atoms with van der Waals surface area (Å²) in [5.41, 5.74) is 5.36. The number of carboxylic acids is 1. The Bertz CT molecular complexity index is 537. The van der Waals surface area contributed by atoms with Crippen molar-refractivity contribution < 1.29 is 18.3 Å². The van der Waals surface area contributed by atoms with E-state index in [2.05, 4.69) is 4.72 Å². The van der Waals surface area contributed by atoms with Crippen molar-refractivity contribution in [1.82, 2.24) is 4.72 Å². The Kier molecular flexibility index (Phi) is 3.74. The third-order valence-electron chi connectivity index (χ3n) is 1.92. The van der Waals surface area contributed by atoms with E-state index >= 15 is 0 Å². The maximum absolute atomic E-state index is 11.9. The summed E-state index contributed by atoms with van der Waals surface area (Å²) >= 11 is 0. The number of hydrogen-bond donors (Lipinski definition) is 3. The average Bonchev–Trinajstić information content (AvgIpc) is 2.14. The van der Waals surface area contributed by atoms with E-state index < -0.39 is 16.0 Å². The number of carboxylic acid groups (broad SMARTS) is 1. The van der Waals surface area contributed by atoms with Crippen molar-refractivity contribution >= 4 is 21.7 Å². The summed E-state index contributed by atoms with van der Waals surface area (Å²) in [6, 6.07) is 3.32. The zero-order valence-electron chi connectivity index (χ0n) is 9.47. The number of nitrogens with one attached hydrogen (secondary N) is 1. The molecule has 0 aliphatic carbocycles. The summed E-state index contributed by atoms with van der Waals surface area (Å²) < 4.78 is 26.1. The van der Waals surface area contributed by atoms with Crippen LogP contribution in [0.4, 0.5) is 5.69 Å². The first kappa shape index (κ1) is 13.5. The standard InChI is InChI=1S/C10H14N2O4S/c1-6(2)12-17(15,16)9-5-7(11)3-4-8(9)10(13)14/h3-6,12H,11H2,1-2H3,(H,13,14). The zero-order valence-corrected chi connectivity index (χ0v) is 10.3. The second kappa shape index (κ2) is 4.72. The van der Waals surface area contributed by atoms with Crippen molar-refractivity contribution in [2.75, 3.05) is 5.73 Å². The summed E-state index contributed by atoms with van der Waals surface area (Å²) in [7, 11) is -3.87. The SMILES string of the molecule is CC(C)NS(=O)(=O)c1cc(N)ccc1C(=O)O. The molecule has 6 nitrogen and oxygen atoms in total. The lowest BCUT2D eigenvalue weighted by molar-refractivity contribution is 0.0692. The van der Waals surface area contributed by atoms with Gasteiger partial charge in [0.2, 0.25) is 10.0 Å². The largest absolute Gasteiger partial charge is 0.478 e. The zero-order chi connectivity index (χ0) is 13.2. The van der Waals surface area contributed by atoms with Gasteiger partial charge in [0.15, 0.2) is 0 Å². The first-order valence-electron chi connectivity index (χ1n) is 4.89. The van der Waals surface area contributed by atoms with E-state index in [0.29, 0.717) is 0 Å². The van der Waals surface area contributed by atoms with Crippen LogP contribution in [0.5, 0.6) is 0 Å². The minimum Gasteiger partial charge on any atom is -0.478 e. The van der Waals surface area contributed by atoms with Crippen molar-refractivity contribution in [3.05, 3.63) is 23.8 Å². The average molecular weight is 258 g/mol. The normalized spacial score (nSPS) is 11.7. The molecule has 0 fully saturated rings. The van der Waals surface area contributed by atoms with Gasteiger partial charge in [-0.2, -0.15) is 0 Å². The molecule has 0 atom stereocenters. The number of carbonyl (C=O) groups is 1. The van der Waals surface area contributed by atoms with Crippen LogP contribution in [-0.4, -0.2) is 25.5 Å². The van der Waals surface area contributed by atoms with Crippen LogP contribution in [0.3, 0.4) is 0 Å². The summed E-state index contributed by atoms with van der Waals surface area (Å²) in [6.45, 7) is 3.29. The molecule has 0 aliphatic rings. The number of rotatable bonds is 4. The highest BCUT2D eigenvalue weighted by atomic mass is 32.2. The topological polar surface area (TPSA) is 109 Å². The Morgan fingerprint density at radius 1 is 1.41 bits per heavy atom. The lowest BCUT2D eigenvalue weighted by atomic mass is 10.2. The fourth-order valence-electron chi connectivity index (χ4n) is 1.31. The molecule has 0 radical (unpaired) electrons. The Morgan fingerprint density at radius 3 is 2.47 bits per heavy atom. The van der Waals surface area contributed by atoms with Gasteiger partial charge < -0.3 is 10.8 Å². The Balaban J connectivity index is 3.38. The number of benzene rings is 1. The van der Waals surface area contributed by atoms with Gasteiger partial charge in [0, 0.05) is 11.7 Å². The van der Waals surface area contributed by atoms with E-state index in [-0.39, 0.29) is 22.2 Å². The third-order valence-corrected chi connectivity index (χ3v) is 3.61. The van der Waals surface area contributed by atoms with Crippen molar-refractivity contribution in [3.63, 3.8) is 0 Å². The van der Waals surface area contributed by atoms with Crippen molar-refractivity contribution in [1.29, 1.82) is 0 Å². The van der Waals surface area contributed by atoms with Crippen LogP contribution >= 0.6 is 0 Å². The molecule has 0 spiro atoms. The van der Waals surface area contributed by atoms with Gasteiger partial charge in [-0.25, -0.2) is 17.9 Å². The number of anilines is 1. The van der Waals surface area contributed by atoms with Gasteiger partial charge in [-0.3, -0.25) is 0 Å². The fraction of sp³-hybridized carbons (Fsp3) is 0.300. The molecule has 0 bridgehead atoms. The van der Waals surface area contributed by atoms with Crippen molar-refractivity contribution in [2.45, 2.75) is 24.8 Å². The first-order valence-corrected chi connectivity index (χ1v) is 6.37. The van der Waals surface area contributed by atoms with Crippen molar-refractivity contribution in [2.24, 2.45) is 0 Å². The molecule has 17 heavy (non-hydrogen) atoms. The number of aromatic carboxylic acids is 1. The van der Waals surface area contributed by atoms with E-state index in [1.54, 1.807) is 13.8 Å². The minimum absolute atomic E-state index is 0.194. The van der Waals surface area contributed by atoms with Crippen LogP contribution in [0, 0.1) is 0 Å². The molecule has 0 aliphatic heterocycles. The second-order valence-corrected chi connectivity index (χ2v) is 5.52. The van der Waals surface area contributed by atoms with Gasteiger partial charge in [-0.05, 0) is 32.0 Å². The first-order chi connectivity index (χ1) is 7.74. The van der Waals surface area contributed by atoms with Gasteiger partial charge in [0.1, 0.15) is 0 Å². The molecule has 4 N–H and O–H groups in total. The van der Waals surface area contributed by atoms with Gasteiger partial charge >= 0.3 is 5.97 Å². The van der Waals surface area contributed by atoms with Gasteiger partial charge in [-0.15, -0.1) is 0 Å².